The van der Waals surface area contributed by atoms with Gasteiger partial charge in [0.15, 0.2) is 0 Å². The number of rotatable bonds is 2. The SMILES string of the molecule is Nc1cc2c(=O)[nH]cnc2cc1NC1CC(O)C1. The summed E-state index contributed by atoms with van der Waals surface area (Å²) in [6.07, 6.45) is 2.60. The van der Waals surface area contributed by atoms with Gasteiger partial charge in [0.25, 0.3) is 5.56 Å². The third-order valence-corrected chi connectivity index (χ3v) is 3.28. The molecule has 1 heterocycles. The molecule has 0 spiro atoms. The summed E-state index contributed by atoms with van der Waals surface area (Å²) in [5, 5.41) is 13.0. The number of nitrogens with one attached hydrogen (secondary N) is 2. The maximum atomic E-state index is 11.6. The molecule has 1 saturated carbocycles. The Morgan fingerprint density at radius 2 is 2.22 bits per heavy atom. The third kappa shape index (κ3) is 1.80. The van der Waals surface area contributed by atoms with Crippen molar-refractivity contribution < 1.29 is 5.11 Å². The monoisotopic (exact) mass is 246 g/mol. The average Bonchev–Trinajstić information content (AvgIpc) is 2.29. The number of nitrogen functional groups attached to an aromatic ring is 1. The van der Waals surface area contributed by atoms with Crippen LogP contribution in [0.25, 0.3) is 10.9 Å². The minimum atomic E-state index is -0.217. The predicted molar refractivity (Wildman–Crippen MR) is 69.4 cm³/mol. The largest absolute Gasteiger partial charge is 0.397 e. The van der Waals surface area contributed by atoms with Gasteiger partial charge in [-0.1, -0.05) is 0 Å². The van der Waals surface area contributed by atoms with Crippen molar-refractivity contribution in [2.45, 2.75) is 25.0 Å². The summed E-state index contributed by atoms with van der Waals surface area (Å²) in [6.45, 7) is 0. The highest BCUT2D eigenvalue weighted by Crippen LogP contribution is 2.28. The van der Waals surface area contributed by atoms with E-state index < -0.39 is 0 Å². The van der Waals surface area contributed by atoms with Gasteiger partial charge in [-0.15, -0.1) is 0 Å². The summed E-state index contributed by atoms with van der Waals surface area (Å²) in [5.74, 6) is 0. The van der Waals surface area contributed by atoms with Crippen molar-refractivity contribution in [2.24, 2.45) is 0 Å². The van der Waals surface area contributed by atoms with E-state index in [4.69, 9.17) is 5.73 Å². The third-order valence-electron chi connectivity index (χ3n) is 3.28. The predicted octanol–water partition coefficient (Wildman–Crippen LogP) is 0.441. The summed E-state index contributed by atoms with van der Waals surface area (Å²) < 4.78 is 0. The van der Waals surface area contributed by atoms with Gasteiger partial charge in [0.2, 0.25) is 0 Å². The summed E-state index contributed by atoms with van der Waals surface area (Å²) in [7, 11) is 0. The molecular weight excluding hydrogens is 232 g/mol. The van der Waals surface area contributed by atoms with Crippen LogP contribution in [-0.2, 0) is 0 Å². The molecule has 94 valence electrons. The van der Waals surface area contributed by atoms with Crippen LogP contribution in [0.15, 0.2) is 23.3 Å². The van der Waals surface area contributed by atoms with E-state index in [1.165, 1.54) is 6.33 Å². The zero-order valence-corrected chi connectivity index (χ0v) is 9.68. The molecule has 6 nitrogen and oxygen atoms in total. The Labute approximate surface area is 103 Å². The number of aromatic amines is 1. The molecule has 6 heteroatoms. The Bertz CT molecular complexity index is 646. The Balaban J connectivity index is 1.97. The average molecular weight is 246 g/mol. The summed E-state index contributed by atoms with van der Waals surface area (Å²) in [5.41, 5.74) is 7.60. The van der Waals surface area contributed by atoms with E-state index in [9.17, 15) is 9.90 Å². The van der Waals surface area contributed by atoms with Crippen molar-refractivity contribution in [1.82, 2.24) is 9.97 Å². The second-order valence-corrected chi connectivity index (χ2v) is 4.65. The fourth-order valence-electron chi connectivity index (χ4n) is 2.18. The Morgan fingerprint density at radius 3 is 2.94 bits per heavy atom. The normalized spacial score (nSPS) is 22.7. The lowest BCUT2D eigenvalue weighted by Gasteiger charge is -2.33. The van der Waals surface area contributed by atoms with Crippen LogP contribution in [0.3, 0.4) is 0 Å². The molecule has 18 heavy (non-hydrogen) atoms. The van der Waals surface area contributed by atoms with E-state index in [1.54, 1.807) is 12.1 Å². The van der Waals surface area contributed by atoms with Crippen LogP contribution in [0, 0.1) is 0 Å². The van der Waals surface area contributed by atoms with E-state index in [0.717, 1.165) is 18.5 Å². The minimum absolute atomic E-state index is 0.197. The number of aromatic nitrogens is 2. The standard InChI is InChI=1S/C12H14N4O2/c13-9-3-8-10(14-5-15-12(8)18)4-11(9)16-6-1-7(17)2-6/h3-7,16-17H,1-2,13H2,(H,14,15,18). The van der Waals surface area contributed by atoms with E-state index in [1.807, 2.05) is 0 Å². The summed E-state index contributed by atoms with van der Waals surface area (Å²) in [6, 6.07) is 3.63. The molecule has 0 unspecified atom stereocenters. The topological polar surface area (TPSA) is 104 Å². The van der Waals surface area contributed by atoms with Crippen LogP contribution >= 0.6 is 0 Å². The van der Waals surface area contributed by atoms with Gasteiger partial charge in [-0.2, -0.15) is 0 Å². The molecule has 5 N–H and O–H groups in total. The first-order chi connectivity index (χ1) is 8.63. The molecule has 1 aliphatic rings. The maximum Gasteiger partial charge on any atom is 0.258 e. The van der Waals surface area contributed by atoms with Gasteiger partial charge in [0, 0.05) is 6.04 Å². The second kappa shape index (κ2) is 3.99. The first kappa shape index (κ1) is 11.0. The minimum Gasteiger partial charge on any atom is -0.397 e. The van der Waals surface area contributed by atoms with Crippen molar-refractivity contribution in [2.75, 3.05) is 11.1 Å². The van der Waals surface area contributed by atoms with Crippen molar-refractivity contribution in [3.63, 3.8) is 0 Å². The number of benzene rings is 1. The van der Waals surface area contributed by atoms with Crippen molar-refractivity contribution in [3.05, 3.63) is 28.8 Å². The Kier molecular flexibility index (Phi) is 2.45. The van der Waals surface area contributed by atoms with Crippen LogP contribution in [0.2, 0.25) is 0 Å². The maximum absolute atomic E-state index is 11.6. The molecule has 0 amide bonds. The number of H-pyrrole nitrogens is 1. The fourth-order valence-corrected chi connectivity index (χ4v) is 2.18. The van der Waals surface area contributed by atoms with Crippen molar-refractivity contribution >= 4 is 22.3 Å². The molecule has 0 bridgehead atoms. The number of nitrogens with two attached hydrogens (primary N) is 1. The number of aliphatic hydroxyl groups is 1. The van der Waals surface area contributed by atoms with Crippen LogP contribution < -0.4 is 16.6 Å². The van der Waals surface area contributed by atoms with Gasteiger partial charge in [0.1, 0.15) is 0 Å². The van der Waals surface area contributed by atoms with Gasteiger partial charge in [-0.25, -0.2) is 4.98 Å². The van der Waals surface area contributed by atoms with E-state index in [2.05, 4.69) is 15.3 Å². The summed E-state index contributed by atoms with van der Waals surface area (Å²) >= 11 is 0. The lowest BCUT2D eigenvalue weighted by Crippen LogP contribution is -2.39. The van der Waals surface area contributed by atoms with E-state index in [0.29, 0.717) is 16.6 Å². The van der Waals surface area contributed by atoms with Gasteiger partial charge >= 0.3 is 0 Å². The molecule has 2 aromatic rings. The smallest absolute Gasteiger partial charge is 0.258 e. The fraction of sp³-hybridized carbons (Fsp3) is 0.333. The van der Waals surface area contributed by atoms with Crippen molar-refractivity contribution in [3.8, 4) is 0 Å². The molecule has 0 saturated heterocycles. The number of hydrogen-bond donors (Lipinski definition) is 4. The first-order valence-electron chi connectivity index (χ1n) is 5.85. The Morgan fingerprint density at radius 1 is 1.44 bits per heavy atom. The van der Waals surface area contributed by atoms with Crippen LogP contribution in [-0.4, -0.2) is 27.2 Å². The molecular formula is C12H14N4O2. The van der Waals surface area contributed by atoms with E-state index in [-0.39, 0.29) is 17.7 Å². The number of fused-ring (bicyclic) bond motifs is 1. The van der Waals surface area contributed by atoms with E-state index >= 15 is 0 Å². The molecule has 0 radical (unpaired) electrons. The first-order valence-corrected chi connectivity index (χ1v) is 5.85. The Hall–Kier alpha value is -2.08. The lowest BCUT2D eigenvalue weighted by molar-refractivity contribution is 0.0837. The molecule has 1 aliphatic carbocycles. The molecule has 3 rings (SSSR count). The van der Waals surface area contributed by atoms with Gasteiger partial charge < -0.3 is 21.1 Å². The van der Waals surface area contributed by atoms with Crippen LogP contribution in [0.1, 0.15) is 12.8 Å². The molecule has 1 fully saturated rings. The zero-order valence-electron chi connectivity index (χ0n) is 9.68. The highest BCUT2D eigenvalue weighted by molar-refractivity contribution is 5.88. The molecule has 1 aromatic heterocycles. The number of aliphatic hydroxyl groups excluding tert-OH is 1. The van der Waals surface area contributed by atoms with Gasteiger partial charge in [-0.05, 0) is 25.0 Å². The second-order valence-electron chi connectivity index (χ2n) is 4.65. The number of anilines is 2. The van der Waals surface area contributed by atoms with Crippen LogP contribution in [0.5, 0.6) is 0 Å². The van der Waals surface area contributed by atoms with Crippen LogP contribution in [0.4, 0.5) is 11.4 Å². The quantitative estimate of drug-likeness (QED) is 0.576. The lowest BCUT2D eigenvalue weighted by atomic mass is 9.89. The molecule has 1 aromatic carbocycles. The molecule has 0 atom stereocenters. The van der Waals surface area contributed by atoms with Crippen molar-refractivity contribution in [1.29, 1.82) is 0 Å². The van der Waals surface area contributed by atoms with Gasteiger partial charge in [-0.3, -0.25) is 4.79 Å². The number of hydrogen-bond acceptors (Lipinski definition) is 5. The highest BCUT2D eigenvalue weighted by Gasteiger charge is 2.27. The zero-order chi connectivity index (χ0) is 12.7. The molecule has 0 aliphatic heterocycles. The highest BCUT2D eigenvalue weighted by atomic mass is 16.3. The van der Waals surface area contributed by atoms with Gasteiger partial charge in [0.05, 0.1) is 34.7 Å². The summed E-state index contributed by atoms with van der Waals surface area (Å²) in [4.78, 5) is 18.2. The number of nitrogens with zero attached hydrogens (tertiary/aromatic N) is 1.